The molecule has 1 saturated heterocycles. The summed E-state index contributed by atoms with van der Waals surface area (Å²) in [4.78, 5) is 32.4. The lowest BCUT2D eigenvalue weighted by Crippen LogP contribution is -2.49. The molecule has 2 aromatic rings. The van der Waals surface area contributed by atoms with Crippen molar-refractivity contribution in [3.05, 3.63) is 57.6 Å². The summed E-state index contributed by atoms with van der Waals surface area (Å²) in [5.41, 5.74) is 2.89. The van der Waals surface area contributed by atoms with Crippen LogP contribution in [0.4, 0.5) is 4.79 Å². The number of rotatable bonds is 11. The van der Waals surface area contributed by atoms with Crippen molar-refractivity contribution in [2.24, 2.45) is 5.92 Å². The number of carbonyl (C=O) groups is 2. The van der Waals surface area contributed by atoms with E-state index in [1.165, 1.54) is 4.90 Å². The third-order valence-corrected chi connectivity index (χ3v) is 12.5. The molecular weight excluding hydrogens is 476 g/mol. The number of benzene rings is 1. The standard InChI is InChI=1S/C27H38N2O4SSi/c1-7-35(8-2,9-3)33-25(19(4)15-23-18-34-21(6)28-23)20(5)26(30)29-24(17-32-27(29)31)16-22-13-11-10-12-14-22/h10-15,18,20,24-25H,7-9,16-17H2,1-6H3. The van der Waals surface area contributed by atoms with Crippen LogP contribution >= 0.6 is 11.3 Å². The Bertz CT molecular complexity index is 1030. The van der Waals surface area contributed by atoms with Crippen molar-refractivity contribution in [1.29, 1.82) is 0 Å². The Kier molecular flexibility index (Phi) is 9.44. The number of ether oxygens (including phenoxy) is 1. The maximum absolute atomic E-state index is 13.8. The Balaban J connectivity index is 1.91. The molecule has 3 atom stereocenters. The Labute approximate surface area is 214 Å². The van der Waals surface area contributed by atoms with Crippen molar-refractivity contribution in [3.63, 3.8) is 0 Å². The smallest absolute Gasteiger partial charge is 0.416 e. The predicted octanol–water partition coefficient (Wildman–Crippen LogP) is 6.47. The van der Waals surface area contributed by atoms with Gasteiger partial charge in [-0.1, -0.05) is 58.0 Å². The Morgan fingerprint density at radius 1 is 1.26 bits per heavy atom. The minimum atomic E-state index is -2.04. The fourth-order valence-electron chi connectivity index (χ4n) is 4.74. The fraction of sp³-hybridized carbons (Fsp3) is 0.519. The quantitative estimate of drug-likeness (QED) is 0.321. The monoisotopic (exact) mass is 514 g/mol. The highest BCUT2D eigenvalue weighted by molar-refractivity contribution is 7.09. The van der Waals surface area contributed by atoms with Crippen LogP contribution in [0.1, 0.15) is 50.9 Å². The number of cyclic esters (lactones) is 1. The van der Waals surface area contributed by atoms with E-state index in [0.29, 0.717) is 6.42 Å². The van der Waals surface area contributed by atoms with Gasteiger partial charge in [0.05, 0.1) is 28.8 Å². The van der Waals surface area contributed by atoms with Gasteiger partial charge in [-0.25, -0.2) is 14.7 Å². The van der Waals surface area contributed by atoms with Gasteiger partial charge < -0.3 is 9.16 Å². The molecule has 3 rings (SSSR count). The van der Waals surface area contributed by atoms with Gasteiger partial charge in [-0.15, -0.1) is 11.3 Å². The van der Waals surface area contributed by atoms with Gasteiger partial charge in [0.25, 0.3) is 0 Å². The van der Waals surface area contributed by atoms with E-state index >= 15 is 0 Å². The average molecular weight is 515 g/mol. The lowest BCUT2D eigenvalue weighted by Gasteiger charge is -2.37. The third-order valence-electron chi connectivity index (χ3n) is 7.13. The van der Waals surface area contributed by atoms with E-state index in [4.69, 9.17) is 9.16 Å². The number of amides is 2. The van der Waals surface area contributed by atoms with Crippen molar-refractivity contribution in [3.8, 4) is 0 Å². The number of aryl methyl sites for hydroxylation is 1. The number of hydrogen-bond donors (Lipinski definition) is 0. The second-order valence-electron chi connectivity index (χ2n) is 9.38. The van der Waals surface area contributed by atoms with Gasteiger partial charge in [-0.2, -0.15) is 0 Å². The van der Waals surface area contributed by atoms with Crippen LogP contribution in [0.15, 0.2) is 41.3 Å². The second kappa shape index (κ2) is 12.1. The zero-order valence-corrected chi connectivity index (χ0v) is 23.6. The highest BCUT2D eigenvalue weighted by atomic mass is 32.1. The Morgan fingerprint density at radius 2 is 1.91 bits per heavy atom. The Morgan fingerprint density at radius 3 is 2.49 bits per heavy atom. The highest BCUT2D eigenvalue weighted by Crippen LogP contribution is 2.32. The zero-order valence-electron chi connectivity index (χ0n) is 21.7. The van der Waals surface area contributed by atoms with Gasteiger partial charge in [0.2, 0.25) is 5.91 Å². The van der Waals surface area contributed by atoms with Crippen LogP contribution in [-0.2, 0) is 20.4 Å². The molecule has 6 nitrogen and oxygen atoms in total. The Hall–Kier alpha value is -2.29. The summed E-state index contributed by atoms with van der Waals surface area (Å²) in [5.74, 6) is -0.779. The van der Waals surface area contributed by atoms with Gasteiger partial charge in [-0.3, -0.25) is 4.79 Å². The molecule has 190 valence electrons. The molecule has 2 heterocycles. The van der Waals surface area contributed by atoms with Crippen molar-refractivity contribution >= 4 is 37.7 Å². The summed E-state index contributed by atoms with van der Waals surface area (Å²) in [5, 5.41) is 3.01. The van der Waals surface area contributed by atoms with Crippen molar-refractivity contribution in [2.75, 3.05) is 6.61 Å². The molecule has 0 aliphatic carbocycles. The van der Waals surface area contributed by atoms with Crippen molar-refractivity contribution in [1.82, 2.24) is 9.88 Å². The predicted molar refractivity (Wildman–Crippen MR) is 144 cm³/mol. The third kappa shape index (κ3) is 6.48. The highest BCUT2D eigenvalue weighted by Gasteiger charge is 2.44. The van der Waals surface area contributed by atoms with Crippen LogP contribution in [0.5, 0.6) is 0 Å². The fourth-order valence-corrected chi connectivity index (χ4v) is 8.24. The molecule has 2 amide bonds. The molecule has 1 aromatic heterocycles. The van der Waals surface area contributed by atoms with E-state index in [0.717, 1.165) is 40.0 Å². The summed E-state index contributed by atoms with van der Waals surface area (Å²) in [7, 11) is -2.04. The molecule has 1 fully saturated rings. The first-order valence-electron chi connectivity index (χ1n) is 12.6. The summed E-state index contributed by atoms with van der Waals surface area (Å²) in [6.45, 7) is 12.6. The number of imide groups is 1. The van der Waals surface area contributed by atoms with Crippen LogP contribution < -0.4 is 0 Å². The number of thiazole rings is 1. The van der Waals surface area contributed by atoms with Gasteiger partial charge in [0, 0.05) is 5.38 Å². The van der Waals surface area contributed by atoms with E-state index in [9.17, 15) is 9.59 Å². The van der Waals surface area contributed by atoms with E-state index in [1.807, 2.05) is 62.6 Å². The van der Waals surface area contributed by atoms with E-state index < -0.39 is 26.4 Å². The molecule has 35 heavy (non-hydrogen) atoms. The van der Waals surface area contributed by atoms with Gasteiger partial charge in [-0.05, 0) is 55.6 Å². The summed E-state index contributed by atoms with van der Waals surface area (Å²) < 4.78 is 12.2. The zero-order chi connectivity index (χ0) is 25.6. The molecule has 1 aromatic carbocycles. The molecule has 3 unspecified atom stereocenters. The number of aromatic nitrogens is 1. The summed E-state index contributed by atoms with van der Waals surface area (Å²) in [6.07, 6.45) is 1.59. The molecule has 0 bridgehead atoms. The molecule has 0 radical (unpaired) electrons. The van der Waals surface area contributed by atoms with E-state index in [-0.39, 0.29) is 18.6 Å². The molecule has 1 aliphatic rings. The second-order valence-corrected chi connectivity index (χ2v) is 15.2. The lowest BCUT2D eigenvalue weighted by atomic mass is 9.95. The first-order chi connectivity index (χ1) is 16.7. The van der Waals surface area contributed by atoms with Crippen molar-refractivity contribution < 1.29 is 18.8 Å². The van der Waals surface area contributed by atoms with E-state index in [2.05, 4.69) is 25.8 Å². The maximum Gasteiger partial charge on any atom is 0.416 e. The minimum absolute atomic E-state index is 0.211. The molecular formula is C27H38N2O4SSi. The van der Waals surface area contributed by atoms with Crippen LogP contribution in [0, 0.1) is 12.8 Å². The SMILES string of the molecule is CC[Si](CC)(CC)OC(C(C)=Cc1csc(C)n1)C(C)C(=O)N1C(=O)OCC1Cc1ccccc1. The molecule has 0 saturated carbocycles. The van der Waals surface area contributed by atoms with Crippen LogP contribution in [0.25, 0.3) is 6.08 Å². The van der Waals surface area contributed by atoms with Gasteiger partial charge >= 0.3 is 6.09 Å². The van der Waals surface area contributed by atoms with Crippen LogP contribution in [0.3, 0.4) is 0 Å². The molecule has 0 spiro atoms. The average Bonchev–Trinajstić information content (AvgIpc) is 3.44. The topological polar surface area (TPSA) is 68.7 Å². The lowest BCUT2D eigenvalue weighted by molar-refractivity contribution is -0.135. The largest absolute Gasteiger partial charge is 0.447 e. The minimum Gasteiger partial charge on any atom is -0.447 e. The first-order valence-corrected chi connectivity index (χ1v) is 16.0. The summed E-state index contributed by atoms with van der Waals surface area (Å²) in [6, 6.07) is 12.5. The number of hydrogen-bond acceptors (Lipinski definition) is 6. The maximum atomic E-state index is 13.8. The van der Waals surface area contributed by atoms with Crippen LogP contribution in [-0.4, -0.2) is 49.0 Å². The normalized spacial score (nSPS) is 18.5. The molecule has 8 heteroatoms. The molecule has 0 N–H and O–H groups in total. The van der Waals surface area contributed by atoms with Crippen LogP contribution in [0.2, 0.25) is 18.1 Å². The number of carbonyl (C=O) groups excluding carboxylic acids is 2. The first kappa shape index (κ1) is 27.3. The van der Waals surface area contributed by atoms with Crippen molar-refractivity contribution in [2.45, 2.75) is 78.2 Å². The number of nitrogens with zero attached hydrogens (tertiary/aromatic N) is 2. The van der Waals surface area contributed by atoms with Gasteiger partial charge in [0.1, 0.15) is 6.61 Å². The molecule has 1 aliphatic heterocycles. The summed E-state index contributed by atoms with van der Waals surface area (Å²) >= 11 is 1.60. The van der Waals surface area contributed by atoms with Gasteiger partial charge in [0.15, 0.2) is 8.32 Å². The van der Waals surface area contributed by atoms with E-state index in [1.54, 1.807) is 11.3 Å².